The molecule has 1 unspecified atom stereocenters. The molecule has 1 saturated heterocycles. The number of carbonyl (C=O) groups is 1. The highest BCUT2D eigenvalue weighted by atomic mass is 32.2. The molecule has 1 fully saturated rings. The zero-order valence-corrected chi connectivity index (χ0v) is 10.5. The highest BCUT2D eigenvalue weighted by Gasteiger charge is 2.13. The molecule has 0 aromatic heterocycles. The third-order valence-electron chi connectivity index (χ3n) is 2.54. The van der Waals surface area contributed by atoms with Crippen LogP contribution < -0.4 is 10.6 Å². The van der Waals surface area contributed by atoms with E-state index in [-0.39, 0.29) is 11.8 Å². The van der Waals surface area contributed by atoms with Gasteiger partial charge in [0.25, 0.3) is 0 Å². The Kier molecular flexibility index (Phi) is 6.10. The van der Waals surface area contributed by atoms with Crippen molar-refractivity contribution in [2.24, 2.45) is 5.92 Å². The van der Waals surface area contributed by atoms with Gasteiger partial charge in [-0.05, 0) is 25.1 Å². The molecule has 0 radical (unpaired) electrons. The van der Waals surface area contributed by atoms with E-state index in [1.54, 1.807) is 0 Å². The molecule has 88 valence electrons. The van der Waals surface area contributed by atoms with Gasteiger partial charge in [-0.2, -0.15) is 11.8 Å². The predicted octanol–water partition coefficient (Wildman–Crippen LogP) is 1.24. The Morgan fingerprint density at radius 2 is 2.27 bits per heavy atom. The minimum absolute atomic E-state index is 0.101. The molecule has 0 spiro atoms. The van der Waals surface area contributed by atoms with Gasteiger partial charge in [0.05, 0.1) is 0 Å². The van der Waals surface area contributed by atoms with Gasteiger partial charge in [0.15, 0.2) is 0 Å². The second-order valence-electron chi connectivity index (χ2n) is 4.31. The van der Waals surface area contributed by atoms with Gasteiger partial charge in [-0.3, -0.25) is 4.79 Å². The van der Waals surface area contributed by atoms with E-state index in [0.717, 1.165) is 19.5 Å². The average Bonchev–Trinajstić information content (AvgIpc) is 2.69. The van der Waals surface area contributed by atoms with Crippen molar-refractivity contribution in [1.29, 1.82) is 0 Å². The van der Waals surface area contributed by atoms with E-state index in [2.05, 4.69) is 10.6 Å². The molecule has 1 aliphatic heterocycles. The summed E-state index contributed by atoms with van der Waals surface area (Å²) in [6.07, 6.45) is 2.32. The summed E-state index contributed by atoms with van der Waals surface area (Å²) in [5.41, 5.74) is 0. The highest BCUT2D eigenvalue weighted by molar-refractivity contribution is 7.99. The monoisotopic (exact) mass is 230 g/mol. The molecule has 1 heterocycles. The fourth-order valence-corrected chi connectivity index (χ4v) is 2.69. The van der Waals surface area contributed by atoms with Gasteiger partial charge in [0, 0.05) is 24.3 Å². The number of carbonyl (C=O) groups excluding carboxylic acids is 1. The minimum Gasteiger partial charge on any atom is -0.356 e. The molecular weight excluding hydrogens is 208 g/mol. The molecule has 1 aliphatic rings. The highest BCUT2D eigenvalue weighted by Crippen LogP contribution is 2.16. The van der Waals surface area contributed by atoms with Crippen molar-refractivity contribution in [3.63, 3.8) is 0 Å². The number of thioether (sulfide) groups is 1. The molecule has 0 aliphatic carbocycles. The van der Waals surface area contributed by atoms with Crippen LogP contribution in [0.25, 0.3) is 0 Å². The molecule has 1 atom stereocenters. The summed E-state index contributed by atoms with van der Waals surface area (Å²) in [5.74, 6) is 2.80. The SMILES string of the molecule is CC(C)C(=O)NCCCNC1CCSC1. The van der Waals surface area contributed by atoms with Gasteiger partial charge < -0.3 is 10.6 Å². The molecule has 0 saturated carbocycles. The maximum Gasteiger partial charge on any atom is 0.222 e. The topological polar surface area (TPSA) is 41.1 Å². The largest absolute Gasteiger partial charge is 0.356 e. The van der Waals surface area contributed by atoms with Gasteiger partial charge >= 0.3 is 0 Å². The molecule has 3 nitrogen and oxygen atoms in total. The van der Waals surface area contributed by atoms with E-state index in [9.17, 15) is 4.79 Å². The normalized spacial score (nSPS) is 20.9. The van der Waals surface area contributed by atoms with Crippen molar-refractivity contribution in [3.8, 4) is 0 Å². The molecular formula is C11H22N2OS. The van der Waals surface area contributed by atoms with E-state index in [4.69, 9.17) is 0 Å². The first-order valence-corrected chi connectivity index (χ1v) is 6.94. The Morgan fingerprint density at radius 1 is 1.47 bits per heavy atom. The van der Waals surface area contributed by atoms with Crippen molar-refractivity contribution >= 4 is 17.7 Å². The summed E-state index contributed by atoms with van der Waals surface area (Å²) in [6.45, 7) is 5.65. The van der Waals surface area contributed by atoms with Crippen LogP contribution in [0.4, 0.5) is 0 Å². The maximum absolute atomic E-state index is 11.2. The molecule has 15 heavy (non-hydrogen) atoms. The van der Waals surface area contributed by atoms with Crippen molar-refractivity contribution in [3.05, 3.63) is 0 Å². The van der Waals surface area contributed by atoms with Gasteiger partial charge in [-0.1, -0.05) is 13.8 Å². The lowest BCUT2D eigenvalue weighted by atomic mass is 10.2. The fraction of sp³-hybridized carbons (Fsp3) is 0.909. The molecule has 0 aromatic carbocycles. The lowest BCUT2D eigenvalue weighted by molar-refractivity contribution is -0.123. The number of rotatable bonds is 6. The third-order valence-corrected chi connectivity index (χ3v) is 3.70. The van der Waals surface area contributed by atoms with Crippen molar-refractivity contribution < 1.29 is 4.79 Å². The van der Waals surface area contributed by atoms with Crippen LogP contribution in [0.2, 0.25) is 0 Å². The number of hydrogen-bond donors (Lipinski definition) is 2. The zero-order valence-electron chi connectivity index (χ0n) is 9.71. The number of amides is 1. The average molecular weight is 230 g/mol. The van der Waals surface area contributed by atoms with E-state index in [1.807, 2.05) is 25.6 Å². The van der Waals surface area contributed by atoms with Gasteiger partial charge in [0.1, 0.15) is 0 Å². The molecule has 2 N–H and O–H groups in total. The van der Waals surface area contributed by atoms with Crippen LogP contribution in [0.1, 0.15) is 26.7 Å². The smallest absolute Gasteiger partial charge is 0.222 e. The Labute approximate surface area is 96.8 Å². The number of nitrogens with one attached hydrogen (secondary N) is 2. The Hall–Kier alpha value is -0.220. The van der Waals surface area contributed by atoms with Crippen LogP contribution in [0.5, 0.6) is 0 Å². The van der Waals surface area contributed by atoms with E-state index < -0.39 is 0 Å². The summed E-state index contributed by atoms with van der Waals surface area (Å²) >= 11 is 2.02. The van der Waals surface area contributed by atoms with Crippen LogP contribution in [-0.4, -0.2) is 36.5 Å². The minimum atomic E-state index is 0.101. The fourth-order valence-electron chi connectivity index (χ4n) is 1.51. The first kappa shape index (κ1) is 12.8. The van der Waals surface area contributed by atoms with Crippen LogP contribution in [0.15, 0.2) is 0 Å². The summed E-state index contributed by atoms with van der Waals surface area (Å²) in [6, 6.07) is 0.704. The second kappa shape index (κ2) is 7.12. The van der Waals surface area contributed by atoms with Crippen LogP contribution >= 0.6 is 11.8 Å². The molecule has 0 aromatic rings. The lowest BCUT2D eigenvalue weighted by Gasteiger charge is -2.11. The summed E-state index contributed by atoms with van der Waals surface area (Å²) in [4.78, 5) is 11.2. The van der Waals surface area contributed by atoms with Gasteiger partial charge in [0.2, 0.25) is 5.91 Å². The summed E-state index contributed by atoms with van der Waals surface area (Å²) in [7, 11) is 0. The van der Waals surface area contributed by atoms with Crippen molar-refractivity contribution in [1.82, 2.24) is 10.6 Å². The summed E-state index contributed by atoms with van der Waals surface area (Å²) < 4.78 is 0. The van der Waals surface area contributed by atoms with E-state index in [0.29, 0.717) is 6.04 Å². The predicted molar refractivity (Wildman–Crippen MR) is 66.2 cm³/mol. The quantitative estimate of drug-likeness (QED) is 0.675. The standard InChI is InChI=1S/C11H22N2OS/c1-9(2)11(14)13-6-3-5-12-10-4-7-15-8-10/h9-10,12H,3-8H2,1-2H3,(H,13,14). The first-order chi connectivity index (χ1) is 7.20. The summed E-state index contributed by atoms with van der Waals surface area (Å²) in [5, 5.41) is 6.44. The maximum atomic E-state index is 11.2. The van der Waals surface area contributed by atoms with Crippen LogP contribution in [0.3, 0.4) is 0 Å². The van der Waals surface area contributed by atoms with Crippen molar-refractivity contribution in [2.75, 3.05) is 24.6 Å². The van der Waals surface area contributed by atoms with Crippen LogP contribution in [0, 0.1) is 5.92 Å². The first-order valence-electron chi connectivity index (χ1n) is 5.79. The molecule has 1 amide bonds. The van der Waals surface area contributed by atoms with Gasteiger partial charge in [-0.25, -0.2) is 0 Å². The van der Waals surface area contributed by atoms with E-state index in [1.165, 1.54) is 17.9 Å². The van der Waals surface area contributed by atoms with E-state index >= 15 is 0 Å². The molecule has 0 bridgehead atoms. The molecule has 1 rings (SSSR count). The Bertz CT molecular complexity index is 191. The zero-order chi connectivity index (χ0) is 11.1. The molecule has 4 heteroatoms. The Morgan fingerprint density at radius 3 is 2.87 bits per heavy atom. The Balaban J connectivity index is 1.90. The van der Waals surface area contributed by atoms with Crippen LogP contribution in [-0.2, 0) is 4.79 Å². The van der Waals surface area contributed by atoms with Gasteiger partial charge in [-0.15, -0.1) is 0 Å². The second-order valence-corrected chi connectivity index (χ2v) is 5.46. The van der Waals surface area contributed by atoms with Crippen molar-refractivity contribution in [2.45, 2.75) is 32.7 Å². The third kappa shape index (κ3) is 5.42. The number of hydrogen-bond acceptors (Lipinski definition) is 3. The lowest BCUT2D eigenvalue weighted by Crippen LogP contribution is -2.33.